The van der Waals surface area contributed by atoms with Crippen molar-refractivity contribution >= 4 is 16.3 Å². The van der Waals surface area contributed by atoms with Gasteiger partial charge in [0.25, 0.3) is 0 Å². The van der Waals surface area contributed by atoms with E-state index in [2.05, 4.69) is 20.3 Å². The van der Waals surface area contributed by atoms with Gasteiger partial charge in [-0.3, -0.25) is 0 Å². The molecule has 0 fully saturated rings. The van der Waals surface area contributed by atoms with Crippen molar-refractivity contribution in [3.63, 3.8) is 0 Å². The van der Waals surface area contributed by atoms with Crippen molar-refractivity contribution in [1.82, 2.24) is 0 Å². The van der Waals surface area contributed by atoms with Crippen molar-refractivity contribution in [3.8, 4) is 0 Å². The van der Waals surface area contributed by atoms with Crippen LogP contribution in [-0.2, 0) is 0 Å². The minimum Gasteiger partial charge on any atom is -0.113 e. The fraction of sp³-hybridized carbons (Fsp3) is 1.00. The highest BCUT2D eigenvalue weighted by Crippen LogP contribution is 2.25. The highest BCUT2D eigenvalue weighted by molar-refractivity contribution is 7.55. The molecule has 0 spiro atoms. The zero-order valence-corrected chi connectivity index (χ0v) is 7.04. The average molecular weight is 129 g/mol. The zero-order chi connectivity index (χ0) is 5.70. The van der Waals surface area contributed by atoms with Crippen LogP contribution in [0.4, 0.5) is 0 Å². The summed E-state index contributed by atoms with van der Waals surface area (Å²) >= 11 is 0. The van der Waals surface area contributed by atoms with E-state index in [0.717, 1.165) is 0 Å². The molecule has 0 aliphatic carbocycles. The Morgan fingerprint density at radius 3 is 1.88 bits per heavy atom. The van der Waals surface area contributed by atoms with E-state index < -0.39 is 0 Å². The maximum Gasteiger partial charge on any atom is 0 e. The van der Waals surface area contributed by atoms with Gasteiger partial charge in [0.2, 0.25) is 0 Å². The Hall–Kier alpha value is 0.495. The molecule has 47 valence electrons. The molecule has 0 amide bonds. The van der Waals surface area contributed by atoms with Gasteiger partial charge in [-0.15, -0.1) is 7.92 Å². The zero-order valence-electron chi connectivity index (χ0n) is 6.15. The normalized spacial score (nSPS) is 9.00. The molecular formula is C6H15BP. The van der Waals surface area contributed by atoms with Crippen molar-refractivity contribution in [2.24, 2.45) is 0 Å². The first kappa shape index (κ1) is 11.3. The Morgan fingerprint density at radius 2 is 1.75 bits per heavy atom. The Morgan fingerprint density at radius 1 is 1.25 bits per heavy atom. The molecule has 0 aliphatic heterocycles. The van der Waals surface area contributed by atoms with E-state index in [1.54, 1.807) is 0 Å². The molecule has 0 atom stereocenters. The van der Waals surface area contributed by atoms with Gasteiger partial charge in [-0.1, -0.05) is 13.3 Å². The molecule has 0 nitrogen and oxygen atoms in total. The maximum atomic E-state index is 2.34. The summed E-state index contributed by atoms with van der Waals surface area (Å²) in [5, 5.41) is 0. The van der Waals surface area contributed by atoms with E-state index in [0.29, 0.717) is 7.92 Å². The lowest BCUT2D eigenvalue weighted by molar-refractivity contribution is 0.892. The smallest absolute Gasteiger partial charge is 0 e. The lowest BCUT2D eigenvalue weighted by Crippen LogP contribution is -1.77. The number of hydrogen-bond donors (Lipinski definition) is 0. The highest BCUT2D eigenvalue weighted by atomic mass is 31.1. The van der Waals surface area contributed by atoms with Crippen molar-refractivity contribution in [3.05, 3.63) is 0 Å². The first-order valence-electron chi connectivity index (χ1n) is 2.92. The molecule has 0 aliphatic rings. The van der Waals surface area contributed by atoms with Crippen LogP contribution in [0.5, 0.6) is 0 Å². The van der Waals surface area contributed by atoms with Crippen LogP contribution in [-0.4, -0.2) is 27.9 Å². The minimum absolute atomic E-state index is 0. The van der Waals surface area contributed by atoms with Gasteiger partial charge in [0.1, 0.15) is 0 Å². The van der Waals surface area contributed by atoms with Crippen LogP contribution < -0.4 is 0 Å². The molecule has 0 aromatic heterocycles. The molecule has 0 saturated carbocycles. The van der Waals surface area contributed by atoms with E-state index in [4.69, 9.17) is 0 Å². The fourth-order valence-electron chi connectivity index (χ4n) is 0.474. The van der Waals surface area contributed by atoms with E-state index in [9.17, 15) is 0 Å². The average Bonchev–Trinajstić information content (AvgIpc) is 1.61. The van der Waals surface area contributed by atoms with Gasteiger partial charge in [0.05, 0.1) is 0 Å². The van der Waals surface area contributed by atoms with Crippen molar-refractivity contribution < 1.29 is 0 Å². The fourth-order valence-corrected chi connectivity index (χ4v) is 1.42. The van der Waals surface area contributed by atoms with Crippen LogP contribution in [0.1, 0.15) is 19.8 Å². The van der Waals surface area contributed by atoms with E-state index in [1.165, 1.54) is 19.0 Å². The largest absolute Gasteiger partial charge is 0.113 e. The second-order valence-corrected chi connectivity index (χ2v) is 4.76. The maximum absolute atomic E-state index is 2.34. The number of unbranched alkanes of at least 4 members (excludes halogenated alkanes) is 1. The first-order valence-corrected chi connectivity index (χ1v) is 5.34. The molecule has 0 rings (SSSR count). The molecule has 2 heteroatoms. The van der Waals surface area contributed by atoms with Crippen molar-refractivity contribution in [1.29, 1.82) is 0 Å². The molecule has 0 aromatic carbocycles. The Kier molecular flexibility index (Phi) is 10.6. The Labute approximate surface area is 56.4 Å². The Bertz CT molecular complexity index is 37.5. The number of rotatable bonds is 3. The predicted octanol–water partition coefficient (Wildman–Crippen LogP) is 2.15. The quantitative estimate of drug-likeness (QED) is 0.404. The minimum atomic E-state index is 0. The summed E-state index contributed by atoms with van der Waals surface area (Å²) in [6.07, 6.45) is 4.26. The van der Waals surface area contributed by atoms with Gasteiger partial charge < -0.3 is 0 Å². The molecule has 0 unspecified atom stereocenters. The third-order valence-corrected chi connectivity index (χ3v) is 2.17. The van der Waals surface area contributed by atoms with Crippen LogP contribution in [0.25, 0.3) is 0 Å². The van der Waals surface area contributed by atoms with Gasteiger partial charge in [0, 0.05) is 8.41 Å². The molecule has 0 heterocycles. The summed E-state index contributed by atoms with van der Waals surface area (Å²) in [5.41, 5.74) is 0. The Balaban J connectivity index is 0. The molecule has 0 saturated heterocycles. The summed E-state index contributed by atoms with van der Waals surface area (Å²) in [5.74, 6) is 0. The first-order chi connectivity index (χ1) is 3.27. The molecule has 3 radical (unpaired) electrons. The molecule has 0 bridgehead atoms. The van der Waals surface area contributed by atoms with Gasteiger partial charge in [-0.25, -0.2) is 0 Å². The topological polar surface area (TPSA) is 0 Å². The molecule has 0 N–H and O–H groups in total. The van der Waals surface area contributed by atoms with Crippen LogP contribution in [0.15, 0.2) is 0 Å². The van der Waals surface area contributed by atoms with Gasteiger partial charge in [0.15, 0.2) is 0 Å². The second kappa shape index (κ2) is 7.49. The molecule has 8 heavy (non-hydrogen) atoms. The summed E-state index contributed by atoms with van der Waals surface area (Å²) < 4.78 is 0. The van der Waals surface area contributed by atoms with E-state index >= 15 is 0 Å². The van der Waals surface area contributed by atoms with Crippen LogP contribution >= 0.6 is 7.92 Å². The molecular weight excluding hydrogens is 114 g/mol. The van der Waals surface area contributed by atoms with Gasteiger partial charge in [-0.2, -0.15) is 0 Å². The summed E-state index contributed by atoms with van der Waals surface area (Å²) in [4.78, 5) is 0. The summed E-state index contributed by atoms with van der Waals surface area (Å²) in [6, 6.07) is 0. The summed E-state index contributed by atoms with van der Waals surface area (Å²) in [7, 11) is 0.394. The van der Waals surface area contributed by atoms with Crippen molar-refractivity contribution in [2.45, 2.75) is 19.8 Å². The van der Waals surface area contributed by atoms with Crippen LogP contribution in [0.2, 0.25) is 0 Å². The third-order valence-electron chi connectivity index (χ3n) is 0.959. The standard InChI is InChI=1S/C6H15P.B/c1-4-5-6-7(2)3;/h4-6H2,1-3H3;. The third kappa shape index (κ3) is 9.71. The van der Waals surface area contributed by atoms with Gasteiger partial charge >= 0.3 is 0 Å². The van der Waals surface area contributed by atoms with Gasteiger partial charge in [-0.05, 0) is 25.9 Å². The SMILES string of the molecule is CCCCP(C)C.[B]. The highest BCUT2D eigenvalue weighted by Gasteiger charge is 1.87. The summed E-state index contributed by atoms with van der Waals surface area (Å²) in [6.45, 7) is 6.93. The lowest BCUT2D eigenvalue weighted by Gasteiger charge is -2.00. The van der Waals surface area contributed by atoms with E-state index in [1.807, 2.05) is 0 Å². The predicted molar refractivity (Wildman–Crippen MR) is 44.3 cm³/mol. The monoisotopic (exact) mass is 129 g/mol. The lowest BCUT2D eigenvalue weighted by atomic mass is 10.4. The van der Waals surface area contributed by atoms with Crippen LogP contribution in [0.3, 0.4) is 0 Å². The second-order valence-electron chi connectivity index (χ2n) is 2.16. The van der Waals surface area contributed by atoms with E-state index in [-0.39, 0.29) is 8.41 Å². The van der Waals surface area contributed by atoms with Crippen LogP contribution in [0, 0.1) is 0 Å². The number of hydrogen-bond acceptors (Lipinski definition) is 0. The molecule has 0 aromatic rings. The van der Waals surface area contributed by atoms with Crippen molar-refractivity contribution in [2.75, 3.05) is 19.5 Å².